The molecule has 1 N–H and O–H groups in total. The summed E-state index contributed by atoms with van der Waals surface area (Å²) in [5, 5.41) is 3.49. The second-order valence-corrected chi connectivity index (χ2v) is 5.22. The van der Waals surface area contributed by atoms with E-state index in [0.717, 1.165) is 5.92 Å². The van der Waals surface area contributed by atoms with Gasteiger partial charge >= 0.3 is 0 Å². The zero-order valence-corrected chi connectivity index (χ0v) is 8.97. The van der Waals surface area contributed by atoms with Crippen molar-refractivity contribution in [3.8, 4) is 0 Å². The molecule has 1 atom stereocenters. The van der Waals surface area contributed by atoms with Crippen molar-refractivity contribution < 1.29 is 0 Å². The summed E-state index contributed by atoms with van der Waals surface area (Å²) in [7, 11) is 0. The molecule has 13 heavy (non-hydrogen) atoms. The number of likely N-dealkylation sites (tertiary alicyclic amines) is 1. The summed E-state index contributed by atoms with van der Waals surface area (Å²) in [6.07, 6.45) is 4.19. The summed E-state index contributed by atoms with van der Waals surface area (Å²) in [6.45, 7) is 9.86. The van der Waals surface area contributed by atoms with Crippen molar-refractivity contribution in [3.63, 3.8) is 0 Å². The van der Waals surface area contributed by atoms with Crippen LogP contribution in [0.4, 0.5) is 0 Å². The second-order valence-electron chi connectivity index (χ2n) is 5.22. The van der Waals surface area contributed by atoms with Crippen LogP contribution >= 0.6 is 0 Å². The van der Waals surface area contributed by atoms with Gasteiger partial charge in [-0.15, -0.1) is 0 Å². The summed E-state index contributed by atoms with van der Waals surface area (Å²) >= 11 is 0. The van der Waals surface area contributed by atoms with Crippen LogP contribution in [0.25, 0.3) is 0 Å². The molecule has 0 aliphatic carbocycles. The molecular formula is C11H22N2. The van der Waals surface area contributed by atoms with E-state index in [1.165, 1.54) is 45.4 Å². The fraction of sp³-hybridized carbons (Fsp3) is 1.00. The maximum atomic E-state index is 3.49. The number of hydrogen-bond donors (Lipinski definition) is 1. The Morgan fingerprint density at radius 3 is 2.77 bits per heavy atom. The SMILES string of the molecule is CC1(C)CCN1CC1CCCNC1. The molecule has 2 saturated heterocycles. The van der Waals surface area contributed by atoms with Crippen molar-refractivity contribution in [3.05, 3.63) is 0 Å². The first-order chi connectivity index (χ1) is 6.18. The Kier molecular flexibility index (Phi) is 2.61. The van der Waals surface area contributed by atoms with Crippen molar-refractivity contribution in [2.24, 2.45) is 5.92 Å². The lowest BCUT2D eigenvalue weighted by Crippen LogP contribution is -2.58. The molecule has 0 aromatic carbocycles. The molecule has 0 spiro atoms. The lowest BCUT2D eigenvalue weighted by Gasteiger charge is -2.50. The van der Waals surface area contributed by atoms with Crippen LogP contribution in [0.3, 0.4) is 0 Å². The van der Waals surface area contributed by atoms with Gasteiger partial charge < -0.3 is 5.32 Å². The number of hydrogen-bond acceptors (Lipinski definition) is 2. The average molecular weight is 182 g/mol. The normalized spacial score (nSPS) is 34.2. The number of nitrogens with one attached hydrogen (secondary N) is 1. The molecular weight excluding hydrogens is 160 g/mol. The Balaban J connectivity index is 1.77. The fourth-order valence-electron chi connectivity index (χ4n) is 2.45. The molecule has 76 valence electrons. The monoisotopic (exact) mass is 182 g/mol. The van der Waals surface area contributed by atoms with Gasteiger partial charge in [-0.1, -0.05) is 0 Å². The smallest absolute Gasteiger partial charge is 0.0165 e. The third kappa shape index (κ3) is 2.05. The predicted octanol–water partition coefficient (Wildman–Crippen LogP) is 1.47. The minimum Gasteiger partial charge on any atom is -0.316 e. The highest BCUT2D eigenvalue weighted by Crippen LogP contribution is 2.30. The molecule has 2 aliphatic rings. The maximum Gasteiger partial charge on any atom is 0.0165 e. The van der Waals surface area contributed by atoms with Gasteiger partial charge in [0.2, 0.25) is 0 Å². The largest absolute Gasteiger partial charge is 0.316 e. The van der Waals surface area contributed by atoms with E-state index in [9.17, 15) is 0 Å². The molecule has 2 aliphatic heterocycles. The Bertz CT molecular complexity index is 171. The first-order valence-electron chi connectivity index (χ1n) is 5.64. The highest BCUT2D eigenvalue weighted by molar-refractivity contribution is 4.93. The van der Waals surface area contributed by atoms with Crippen LogP contribution in [0.1, 0.15) is 33.1 Å². The molecule has 0 aromatic rings. The van der Waals surface area contributed by atoms with Gasteiger partial charge in [-0.25, -0.2) is 0 Å². The Labute approximate surface area is 81.7 Å². The maximum absolute atomic E-state index is 3.49. The standard InChI is InChI=1S/C11H22N2/c1-11(2)5-7-13(11)9-10-4-3-6-12-8-10/h10,12H,3-9H2,1-2H3. The van der Waals surface area contributed by atoms with Crippen LogP contribution in [-0.4, -0.2) is 36.6 Å². The Morgan fingerprint density at radius 1 is 1.46 bits per heavy atom. The van der Waals surface area contributed by atoms with Crippen molar-refractivity contribution >= 4 is 0 Å². The molecule has 2 fully saturated rings. The molecule has 1 unspecified atom stereocenters. The van der Waals surface area contributed by atoms with Crippen molar-refractivity contribution in [2.75, 3.05) is 26.2 Å². The van der Waals surface area contributed by atoms with E-state index in [2.05, 4.69) is 24.1 Å². The summed E-state index contributed by atoms with van der Waals surface area (Å²) in [5.41, 5.74) is 0.497. The van der Waals surface area contributed by atoms with Crippen LogP contribution in [0.5, 0.6) is 0 Å². The third-order valence-corrected chi connectivity index (χ3v) is 3.73. The Morgan fingerprint density at radius 2 is 2.31 bits per heavy atom. The molecule has 2 nitrogen and oxygen atoms in total. The fourth-order valence-corrected chi connectivity index (χ4v) is 2.45. The number of piperidine rings is 1. The van der Waals surface area contributed by atoms with E-state index < -0.39 is 0 Å². The highest BCUT2D eigenvalue weighted by atomic mass is 15.2. The molecule has 0 amide bonds. The van der Waals surface area contributed by atoms with Crippen LogP contribution in [0.2, 0.25) is 0 Å². The number of rotatable bonds is 2. The van der Waals surface area contributed by atoms with E-state index in [1.54, 1.807) is 0 Å². The highest BCUT2D eigenvalue weighted by Gasteiger charge is 2.36. The molecule has 0 bridgehead atoms. The minimum atomic E-state index is 0.497. The summed E-state index contributed by atoms with van der Waals surface area (Å²) < 4.78 is 0. The van der Waals surface area contributed by atoms with Gasteiger partial charge in [-0.05, 0) is 52.1 Å². The Hall–Kier alpha value is -0.0800. The molecule has 0 aromatic heterocycles. The molecule has 2 rings (SSSR count). The minimum absolute atomic E-state index is 0.497. The first-order valence-corrected chi connectivity index (χ1v) is 5.64. The quantitative estimate of drug-likeness (QED) is 0.695. The lowest BCUT2D eigenvalue weighted by atomic mass is 9.86. The molecule has 0 saturated carbocycles. The zero-order valence-electron chi connectivity index (χ0n) is 8.97. The summed E-state index contributed by atoms with van der Waals surface area (Å²) in [4.78, 5) is 2.64. The first kappa shape index (κ1) is 9.47. The predicted molar refractivity (Wildman–Crippen MR) is 55.9 cm³/mol. The average Bonchev–Trinajstić information content (AvgIpc) is 2.15. The summed E-state index contributed by atoms with van der Waals surface area (Å²) in [5.74, 6) is 0.910. The van der Waals surface area contributed by atoms with Gasteiger partial charge in [-0.2, -0.15) is 0 Å². The van der Waals surface area contributed by atoms with E-state index in [0.29, 0.717) is 5.54 Å². The topological polar surface area (TPSA) is 15.3 Å². The van der Waals surface area contributed by atoms with Gasteiger partial charge in [0.25, 0.3) is 0 Å². The van der Waals surface area contributed by atoms with E-state index in [1.807, 2.05) is 0 Å². The van der Waals surface area contributed by atoms with Gasteiger partial charge in [0.15, 0.2) is 0 Å². The van der Waals surface area contributed by atoms with Crippen molar-refractivity contribution in [1.82, 2.24) is 10.2 Å². The summed E-state index contributed by atoms with van der Waals surface area (Å²) in [6, 6.07) is 0. The van der Waals surface area contributed by atoms with Crippen LogP contribution in [-0.2, 0) is 0 Å². The van der Waals surface area contributed by atoms with E-state index in [4.69, 9.17) is 0 Å². The lowest BCUT2D eigenvalue weighted by molar-refractivity contribution is -0.000892. The van der Waals surface area contributed by atoms with Crippen molar-refractivity contribution in [1.29, 1.82) is 0 Å². The van der Waals surface area contributed by atoms with Gasteiger partial charge in [0.1, 0.15) is 0 Å². The van der Waals surface area contributed by atoms with Gasteiger partial charge in [0.05, 0.1) is 0 Å². The molecule has 2 heterocycles. The van der Waals surface area contributed by atoms with Crippen LogP contribution in [0, 0.1) is 5.92 Å². The zero-order chi connectivity index (χ0) is 9.31. The number of nitrogens with zero attached hydrogens (tertiary/aromatic N) is 1. The second kappa shape index (κ2) is 3.58. The van der Waals surface area contributed by atoms with Gasteiger partial charge in [-0.3, -0.25) is 4.90 Å². The molecule has 2 heteroatoms. The third-order valence-electron chi connectivity index (χ3n) is 3.73. The van der Waals surface area contributed by atoms with Crippen molar-refractivity contribution in [2.45, 2.75) is 38.6 Å². The van der Waals surface area contributed by atoms with Gasteiger partial charge in [0, 0.05) is 18.6 Å². The van der Waals surface area contributed by atoms with E-state index >= 15 is 0 Å². The van der Waals surface area contributed by atoms with Crippen LogP contribution in [0.15, 0.2) is 0 Å². The van der Waals surface area contributed by atoms with E-state index in [-0.39, 0.29) is 0 Å². The molecule has 0 radical (unpaired) electrons. The van der Waals surface area contributed by atoms with Crippen LogP contribution < -0.4 is 5.32 Å².